The van der Waals surface area contributed by atoms with E-state index in [1.54, 1.807) is 0 Å². The zero-order valence-electron chi connectivity index (χ0n) is 12.3. The van der Waals surface area contributed by atoms with Crippen molar-refractivity contribution in [3.8, 4) is 0 Å². The Morgan fingerprint density at radius 3 is 2.56 bits per heavy atom. The maximum Gasteiger partial charge on any atom is 0.220 e. The summed E-state index contributed by atoms with van der Waals surface area (Å²) in [6.45, 7) is 9.39. The minimum absolute atomic E-state index is 0.130. The Morgan fingerprint density at radius 1 is 1.39 bits per heavy atom. The SMILES string of the molecule is CC(CC(=O)NCC1CCCC1O)CC(C)(C)C. The third-order valence-electron chi connectivity index (χ3n) is 3.68. The minimum atomic E-state index is -0.211. The van der Waals surface area contributed by atoms with Crippen molar-refractivity contribution in [2.45, 2.75) is 65.9 Å². The molecule has 3 atom stereocenters. The van der Waals surface area contributed by atoms with Crippen LogP contribution >= 0.6 is 0 Å². The van der Waals surface area contributed by atoms with Gasteiger partial charge < -0.3 is 10.4 Å². The van der Waals surface area contributed by atoms with Crippen LogP contribution in [0.25, 0.3) is 0 Å². The number of amides is 1. The quantitative estimate of drug-likeness (QED) is 0.793. The average molecular weight is 255 g/mol. The van der Waals surface area contributed by atoms with Crippen LogP contribution in [0.4, 0.5) is 0 Å². The second-order valence-corrected chi connectivity index (χ2v) is 7.14. The van der Waals surface area contributed by atoms with Crippen LogP contribution in [0, 0.1) is 17.3 Å². The zero-order chi connectivity index (χ0) is 13.8. The van der Waals surface area contributed by atoms with Gasteiger partial charge in [-0.2, -0.15) is 0 Å². The molecule has 0 radical (unpaired) electrons. The van der Waals surface area contributed by atoms with E-state index < -0.39 is 0 Å². The lowest BCUT2D eigenvalue weighted by Gasteiger charge is -2.23. The van der Waals surface area contributed by atoms with Crippen molar-refractivity contribution in [3.05, 3.63) is 0 Å². The van der Waals surface area contributed by atoms with Gasteiger partial charge in [0.2, 0.25) is 5.91 Å². The van der Waals surface area contributed by atoms with E-state index in [1.165, 1.54) is 0 Å². The number of aliphatic hydroxyl groups excluding tert-OH is 1. The molecule has 2 N–H and O–H groups in total. The Labute approximate surface area is 111 Å². The number of nitrogens with one attached hydrogen (secondary N) is 1. The van der Waals surface area contributed by atoms with Gasteiger partial charge in [0.1, 0.15) is 0 Å². The molecule has 0 saturated heterocycles. The highest BCUT2D eigenvalue weighted by Gasteiger charge is 2.25. The molecule has 1 fully saturated rings. The molecule has 18 heavy (non-hydrogen) atoms. The molecule has 0 aromatic heterocycles. The summed E-state index contributed by atoms with van der Waals surface area (Å²) in [7, 11) is 0. The first-order valence-corrected chi connectivity index (χ1v) is 7.22. The number of carbonyl (C=O) groups is 1. The molecule has 0 spiro atoms. The van der Waals surface area contributed by atoms with E-state index in [0.717, 1.165) is 25.7 Å². The predicted molar refractivity (Wildman–Crippen MR) is 74.2 cm³/mol. The fraction of sp³-hybridized carbons (Fsp3) is 0.933. The summed E-state index contributed by atoms with van der Waals surface area (Å²) in [6.07, 6.45) is 4.46. The summed E-state index contributed by atoms with van der Waals surface area (Å²) in [5.41, 5.74) is 0.279. The fourth-order valence-corrected chi connectivity index (χ4v) is 3.01. The largest absolute Gasteiger partial charge is 0.393 e. The summed E-state index contributed by atoms with van der Waals surface area (Å²) in [6, 6.07) is 0. The van der Waals surface area contributed by atoms with Crippen LogP contribution in [0.15, 0.2) is 0 Å². The molecule has 0 bridgehead atoms. The third kappa shape index (κ3) is 5.85. The van der Waals surface area contributed by atoms with E-state index in [0.29, 0.717) is 18.9 Å². The molecule has 1 rings (SSSR count). The van der Waals surface area contributed by atoms with Crippen molar-refractivity contribution in [1.29, 1.82) is 0 Å². The molecule has 1 amide bonds. The molecular formula is C15H29NO2. The lowest BCUT2D eigenvalue weighted by Crippen LogP contribution is -2.33. The van der Waals surface area contributed by atoms with Gasteiger partial charge >= 0.3 is 0 Å². The van der Waals surface area contributed by atoms with E-state index in [4.69, 9.17) is 0 Å². The van der Waals surface area contributed by atoms with E-state index in [2.05, 4.69) is 33.0 Å². The number of aliphatic hydroxyl groups is 1. The molecule has 0 heterocycles. The summed E-state index contributed by atoms with van der Waals surface area (Å²) in [5.74, 6) is 0.816. The fourth-order valence-electron chi connectivity index (χ4n) is 3.01. The van der Waals surface area contributed by atoms with Gasteiger partial charge in [0.05, 0.1) is 6.10 Å². The molecule has 1 aliphatic rings. The molecule has 0 aliphatic heterocycles. The van der Waals surface area contributed by atoms with Crippen molar-refractivity contribution in [3.63, 3.8) is 0 Å². The van der Waals surface area contributed by atoms with Gasteiger partial charge in [0.15, 0.2) is 0 Å². The van der Waals surface area contributed by atoms with Crippen molar-refractivity contribution >= 4 is 5.91 Å². The highest BCUT2D eigenvalue weighted by Crippen LogP contribution is 2.26. The molecule has 106 valence electrons. The summed E-state index contributed by atoms with van der Waals surface area (Å²) >= 11 is 0. The molecule has 1 aliphatic carbocycles. The van der Waals surface area contributed by atoms with Gasteiger partial charge in [0, 0.05) is 18.9 Å². The Kier molecular flexibility index (Phi) is 5.64. The van der Waals surface area contributed by atoms with E-state index in [-0.39, 0.29) is 23.3 Å². The second-order valence-electron chi connectivity index (χ2n) is 7.14. The molecule has 0 aromatic carbocycles. The van der Waals surface area contributed by atoms with Crippen molar-refractivity contribution in [2.75, 3.05) is 6.54 Å². The first kappa shape index (κ1) is 15.5. The van der Waals surface area contributed by atoms with Gasteiger partial charge in [-0.05, 0) is 30.6 Å². The maximum absolute atomic E-state index is 11.8. The van der Waals surface area contributed by atoms with Crippen molar-refractivity contribution in [1.82, 2.24) is 5.32 Å². The smallest absolute Gasteiger partial charge is 0.220 e. The third-order valence-corrected chi connectivity index (χ3v) is 3.68. The maximum atomic E-state index is 11.8. The van der Waals surface area contributed by atoms with Gasteiger partial charge in [-0.25, -0.2) is 0 Å². The number of carbonyl (C=O) groups excluding carboxylic acids is 1. The van der Waals surface area contributed by atoms with E-state index >= 15 is 0 Å². The van der Waals surface area contributed by atoms with Gasteiger partial charge in [-0.1, -0.05) is 34.1 Å². The van der Waals surface area contributed by atoms with Crippen molar-refractivity contribution in [2.24, 2.45) is 17.3 Å². The van der Waals surface area contributed by atoms with Crippen LogP contribution in [0.2, 0.25) is 0 Å². The van der Waals surface area contributed by atoms with Crippen molar-refractivity contribution < 1.29 is 9.90 Å². The van der Waals surface area contributed by atoms with Crippen LogP contribution in [0.5, 0.6) is 0 Å². The first-order valence-electron chi connectivity index (χ1n) is 7.22. The summed E-state index contributed by atoms with van der Waals surface area (Å²) in [4.78, 5) is 11.8. The molecule has 0 aromatic rings. The monoisotopic (exact) mass is 255 g/mol. The number of hydrogen-bond donors (Lipinski definition) is 2. The second kappa shape index (κ2) is 6.55. The van der Waals surface area contributed by atoms with E-state index in [9.17, 15) is 9.90 Å². The number of rotatable bonds is 5. The molecular weight excluding hydrogens is 226 g/mol. The lowest BCUT2D eigenvalue weighted by atomic mass is 9.84. The lowest BCUT2D eigenvalue weighted by molar-refractivity contribution is -0.122. The average Bonchev–Trinajstić information content (AvgIpc) is 2.57. The standard InChI is InChI=1S/C15H29NO2/c1-11(9-15(2,3)4)8-14(18)16-10-12-6-5-7-13(12)17/h11-13,17H,5-10H2,1-4H3,(H,16,18). The topological polar surface area (TPSA) is 49.3 Å². The highest BCUT2D eigenvalue weighted by atomic mass is 16.3. The molecule has 3 nitrogen and oxygen atoms in total. The van der Waals surface area contributed by atoms with Crippen LogP contribution in [-0.4, -0.2) is 23.7 Å². The van der Waals surface area contributed by atoms with Gasteiger partial charge in [-0.15, -0.1) is 0 Å². The van der Waals surface area contributed by atoms with Crippen LogP contribution in [-0.2, 0) is 4.79 Å². The Balaban J connectivity index is 2.21. The highest BCUT2D eigenvalue weighted by molar-refractivity contribution is 5.76. The van der Waals surface area contributed by atoms with E-state index in [1.807, 2.05) is 0 Å². The van der Waals surface area contributed by atoms with Crippen LogP contribution in [0.3, 0.4) is 0 Å². The van der Waals surface area contributed by atoms with Crippen LogP contribution in [0.1, 0.15) is 59.8 Å². The minimum Gasteiger partial charge on any atom is -0.393 e. The first-order chi connectivity index (χ1) is 8.28. The van der Waals surface area contributed by atoms with Crippen LogP contribution < -0.4 is 5.32 Å². The summed E-state index contributed by atoms with van der Waals surface area (Å²) in [5, 5.41) is 12.7. The normalized spacial score (nSPS) is 26.1. The Hall–Kier alpha value is -0.570. The molecule has 3 heteroatoms. The predicted octanol–water partition coefficient (Wildman–Crippen LogP) is 2.73. The van der Waals surface area contributed by atoms with Gasteiger partial charge in [-0.3, -0.25) is 4.79 Å². The molecule has 3 unspecified atom stereocenters. The number of hydrogen-bond acceptors (Lipinski definition) is 2. The molecule has 1 saturated carbocycles. The summed E-state index contributed by atoms with van der Waals surface area (Å²) < 4.78 is 0. The zero-order valence-corrected chi connectivity index (χ0v) is 12.3. The Bertz CT molecular complexity index is 270. The van der Waals surface area contributed by atoms with Gasteiger partial charge in [0.25, 0.3) is 0 Å². The Morgan fingerprint density at radius 2 is 2.06 bits per heavy atom.